The van der Waals surface area contributed by atoms with E-state index in [0.717, 1.165) is 39.1 Å². The van der Waals surface area contributed by atoms with Gasteiger partial charge in [0.2, 0.25) is 5.91 Å². The smallest absolute Gasteiger partial charge is 0.248 e. The van der Waals surface area contributed by atoms with Gasteiger partial charge in [0.25, 0.3) is 0 Å². The molecule has 2 aliphatic heterocycles. The third kappa shape index (κ3) is 3.94. The molecule has 2 fully saturated rings. The van der Waals surface area contributed by atoms with Crippen LogP contribution in [0.2, 0.25) is 0 Å². The quantitative estimate of drug-likeness (QED) is 0.787. The molecule has 2 aliphatic rings. The highest BCUT2D eigenvalue weighted by Gasteiger charge is 2.36. The van der Waals surface area contributed by atoms with E-state index in [1.807, 2.05) is 0 Å². The zero-order valence-corrected chi connectivity index (χ0v) is 14.4. The van der Waals surface area contributed by atoms with E-state index in [1.165, 1.54) is 5.69 Å². The second-order valence-electron chi connectivity index (χ2n) is 6.95. The van der Waals surface area contributed by atoms with Gasteiger partial charge in [-0.25, -0.2) is 0 Å². The molecule has 0 aromatic carbocycles. The lowest BCUT2D eigenvalue weighted by Crippen LogP contribution is -2.49. The summed E-state index contributed by atoms with van der Waals surface area (Å²) in [5, 5.41) is 0. The Hall–Kier alpha value is -1.37. The Morgan fingerprint density at radius 3 is 2.87 bits per heavy atom. The van der Waals surface area contributed by atoms with Gasteiger partial charge in [-0.15, -0.1) is 0 Å². The van der Waals surface area contributed by atoms with Gasteiger partial charge in [-0.05, 0) is 18.6 Å². The van der Waals surface area contributed by atoms with E-state index in [0.29, 0.717) is 6.04 Å². The summed E-state index contributed by atoms with van der Waals surface area (Å²) >= 11 is 0. The average molecular weight is 320 g/mol. The van der Waals surface area contributed by atoms with Gasteiger partial charge in [-0.2, -0.15) is 0 Å². The van der Waals surface area contributed by atoms with Crippen LogP contribution in [-0.4, -0.2) is 84.2 Å². The van der Waals surface area contributed by atoms with Gasteiger partial charge in [0.15, 0.2) is 0 Å². The van der Waals surface area contributed by atoms with Crippen LogP contribution in [0, 0.1) is 0 Å². The predicted molar refractivity (Wildman–Crippen MR) is 89.1 cm³/mol. The molecule has 1 aromatic heterocycles. The molecule has 3 heterocycles. The number of piperazine rings is 1. The summed E-state index contributed by atoms with van der Waals surface area (Å²) in [4.78, 5) is 18.3. The molecular formula is C17H28N4O2. The van der Waals surface area contributed by atoms with Gasteiger partial charge in [0.1, 0.15) is 6.61 Å². The minimum atomic E-state index is 0.0419. The fourth-order valence-corrected chi connectivity index (χ4v) is 3.53. The molecule has 0 spiro atoms. The van der Waals surface area contributed by atoms with Crippen molar-refractivity contribution in [3.8, 4) is 0 Å². The van der Waals surface area contributed by atoms with Crippen molar-refractivity contribution in [2.45, 2.75) is 25.1 Å². The number of rotatable bonds is 5. The lowest BCUT2D eigenvalue weighted by Gasteiger charge is -2.37. The van der Waals surface area contributed by atoms with E-state index in [9.17, 15) is 4.79 Å². The summed E-state index contributed by atoms with van der Waals surface area (Å²) < 4.78 is 8.02. The van der Waals surface area contributed by atoms with Crippen LogP contribution < -0.4 is 0 Å². The number of carbonyl (C=O) groups is 1. The Balaban J connectivity index is 1.48. The Labute approximate surface area is 138 Å². The van der Waals surface area contributed by atoms with Crippen molar-refractivity contribution in [3.05, 3.63) is 24.0 Å². The summed E-state index contributed by atoms with van der Waals surface area (Å²) in [5.41, 5.74) is 1.36. The molecule has 6 nitrogen and oxygen atoms in total. The topological polar surface area (TPSA) is 41.0 Å². The SMILES string of the molecule is CN(C)C(=O)CO[C@H]1C[C@@H]2CN(Cc3cccn3C)CCN2C1. The van der Waals surface area contributed by atoms with Crippen molar-refractivity contribution in [2.24, 2.45) is 7.05 Å². The lowest BCUT2D eigenvalue weighted by molar-refractivity contribution is -0.135. The molecule has 2 atom stereocenters. The van der Waals surface area contributed by atoms with Gasteiger partial charge in [-0.1, -0.05) is 0 Å². The van der Waals surface area contributed by atoms with Crippen LogP contribution in [0.1, 0.15) is 12.1 Å². The van der Waals surface area contributed by atoms with Gasteiger partial charge in [0.05, 0.1) is 6.10 Å². The van der Waals surface area contributed by atoms with Crippen molar-refractivity contribution in [1.82, 2.24) is 19.3 Å². The predicted octanol–water partition coefficient (Wildman–Crippen LogP) is 0.388. The molecule has 0 unspecified atom stereocenters. The van der Waals surface area contributed by atoms with Crippen LogP contribution in [0.5, 0.6) is 0 Å². The van der Waals surface area contributed by atoms with Crippen LogP contribution in [0.4, 0.5) is 0 Å². The molecule has 6 heteroatoms. The van der Waals surface area contributed by atoms with Crippen LogP contribution >= 0.6 is 0 Å². The first kappa shape index (κ1) is 16.5. The third-order valence-electron chi connectivity index (χ3n) is 5.04. The molecule has 2 saturated heterocycles. The van der Waals surface area contributed by atoms with Crippen molar-refractivity contribution in [2.75, 3.05) is 46.9 Å². The molecule has 23 heavy (non-hydrogen) atoms. The fourth-order valence-electron chi connectivity index (χ4n) is 3.53. The zero-order chi connectivity index (χ0) is 16.4. The molecule has 0 radical (unpaired) electrons. The molecule has 0 bridgehead atoms. The number of ether oxygens (including phenoxy) is 1. The van der Waals surface area contributed by atoms with Crippen molar-refractivity contribution < 1.29 is 9.53 Å². The average Bonchev–Trinajstić information content (AvgIpc) is 3.10. The third-order valence-corrected chi connectivity index (χ3v) is 5.04. The maximum atomic E-state index is 11.7. The van der Waals surface area contributed by atoms with E-state index >= 15 is 0 Å². The van der Waals surface area contributed by atoms with Crippen molar-refractivity contribution in [3.63, 3.8) is 0 Å². The molecule has 1 aromatic rings. The number of likely N-dealkylation sites (N-methyl/N-ethyl adjacent to an activating group) is 1. The van der Waals surface area contributed by atoms with Crippen LogP contribution in [-0.2, 0) is 23.1 Å². The number of aryl methyl sites for hydroxylation is 1. The van der Waals surface area contributed by atoms with Crippen molar-refractivity contribution in [1.29, 1.82) is 0 Å². The van der Waals surface area contributed by atoms with E-state index in [4.69, 9.17) is 4.74 Å². The Morgan fingerprint density at radius 2 is 2.17 bits per heavy atom. The first-order chi connectivity index (χ1) is 11.0. The maximum Gasteiger partial charge on any atom is 0.248 e. The monoisotopic (exact) mass is 320 g/mol. The highest BCUT2D eigenvalue weighted by molar-refractivity contribution is 5.76. The Morgan fingerprint density at radius 1 is 1.35 bits per heavy atom. The first-order valence-corrected chi connectivity index (χ1v) is 8.41. The number of carbonyl (C=O) groups excluding carboxylic acids is 1. The summed E-state index contributed by atoms with van der Waals surface area (Å²) in [6, 6.07) is 4.86. The zero-order valence-electron chi connectivity index (χ0n) is 14.4. The molecule has 3 rings (SSSR count). The number of nitrogens with zero attached hydrogens (tertiary/aromatic N) is 4. The van der Waals surface area contributed by atoms with E-state index in [2.05, 4.69) is 39.7 Å². The number of hydrogen-bond acceptors (Lipinski definition) is 4. The maximum absolute atomic E-state index is 11.7. The van der Waals surface area contributed by atoms with Crippen molar-refractivity contribution >= 4 is 5.91 Å². The Kier molecular flexibility index (Phi) is 5.04. The highest BCUT2D eigenvalue weighted by Crippen LogP contribution is 2.25. The first-order valence-electron chi connectivity index (χ1n) is 8.41. The number of amides is 1. The molecule has 1 amide bonds. The summed E-state index contributed by atoms with van der Waals surface area (Å²) in [5.74, 6) is 0.0419. The minimum Gasteiger partial charge on any atom is -0.367 e. The number of hydrogen-bond donors (Lipinski definition) is 0. The fraction of sp³-hybridized carbons (Fsp3) is 0.706. The van der Waals surface area contributed by atoms with Gasteiger partial charge < -0.3 is 14.2 Å². The number of aromatic nitrogens is 1. The van der Waals surface area contributed by atoms with Crippen LogP contribution in [0.25, 0.3) is 0 Å². The van der Waals surface area contributed by atoms with E-state index in [1.54, 1.807) is 19.0 Å². The standard InChI is InChI=1S/C17H28N4O2/c1-18(2)17(22)13-23-16-9-15-11-20(7-8-21(15)12-16)10-14-5-4-6-19(14)3/h4-6,15-16H,7-13H2,1-3H3/t15-,16+/m1/s1. The molecular weight excluding hydrogens is 292 g/mol. The summed E-state index contributed by atoms with van der Waals surface area (Å²) in [6.45, 7) is 5.46. The van der Waals surface area contributed by atoms with E-state index < -0.39 is 0 Å². The second-order valence-corrected chi connectivity index (χ2v) is 6.95. The molecule has 0 aliphatic carbocycles. The Bertz CT molecular complexity index is 542. The van der Waals surface area contributed by atoms with Gasteiger partial charge in [0, 0.05) is 71.8 Å². The summed E-state index contributed by atoms with van der Waals surface area (Å²) in [6.07, 6.45) is 3.33. The molecule has 0 saturated carbocycles. The molecule has 0 N–H and O–H groups in total. The normalized spacial score (nSPS) is 25.5. The lowest BCUT2D eigenvalue weighted by atomic mass is 10.1. The largest absolute Gasteiger partial charge is 0.367 e. The molecule has 128 valence electrons. The minimum absolute atomic E-state index is 0.0419. The van der Waals surface area contributed by atoms with Gasteiger partial charge in [-0.3, -0.25) is 14.6 Å². The van der Waals surface area contributed by atoms with Crippen LogP contribution in [0.3, 0.4) is 0 Å². The highest BCUT2D eigenvalue weighted by atomic mass is 16.5. The van der Waals surface area contributed by atoms with E-state index in [-0.39, 0.29) is 18.6 Å². The summed E-state index contributed by atoms with van der Waals surface area (Å²) in [7, 11) is 5.64. The second kappa shape index (κ2) is 7.03. The van der Waals surface area contributed by atoms with Gasteiger partial charge >= 0.3 is 0 Å². The number of fused-ring (bicyclic) bond motifs is 1. The van der Waals surface area contributed by atoms with Crippen LogP contribution in [0.15, 0.2) is 18.3 Å².